The van der Waals surface area contributed by atoms with Gasteiger partial charge in [0.15, 0.2) is 8.80 Å². The van der Waals surface area contributed by atoms with Gasteiger partial charge in [0.25, 0.3) is 5.56 Å². The van der Waals surface area contributed by atoms with Crippen molar-refractivity contribution in [3.05, 3.63) is 105 Å². The zero-order valence-corrected chi connectivity index (χ0v) is 23.3. The molecule has 1 unspecified atom stereocenters. The van der Waals surface area contributed by atoms with Gasteiger partial charge in [-0.25, -0.2) is 4.79 Å². The smallest absolute Gasteiger partial charge is 0.330 e. The highest BCUT2D eigenvalue weighted by Crippen LogP contribution is 2.37. The van der Waals surface area contributed by atoms with Gasteiger partial charge in [-0.2, -0.15) is 0 Å². The molecule has 0 spiro atoms. The molecule has 0 radical (unpaired) electrons. The zero-order valence-electron chi connectivity index (χ0n) is 21.3. The maximum atomic E-state index is 13.6. The van der Waals surface area contributed by atoms with Crippen LogP contribution in [0.3, 0.4) is 0 Å². The van der Waals surface area contributed by atoms with Gasteiger partial charge in [-0.3, -0.25) is 14.3 Å². The summed E-state index contributed by atoms with van der Waals surface area (Å²) in [6.07, 6.45) is 2.93. The van der Waals surface area contributed by atoms with Crippen molar-refractivity contribution < 1.29 is 9.47 Å². The van der Waals surface area contributed by atoms with Crippen molar-refractivity contribution in [1.29, 1.82) is 0 Å². The number of aromatic amines is 1. The number of nitrogens with zero attached hydrogens (tertiary/aromatic N) is 1. The predicted molar refractivity (Wildman–Crippen MR) is 152 cm³/mol. The van der Waals surface area contributed by atoms with Crippen molar-refractivity contribution in [2.75, 3.05) is 6.61 Å². The summed E-state index contributed by atoms with van der Waals surface area (Å²) >= 11 is 1.47. The summed E-state index contributed by atoms with van der Waals surface area (Å²) in [7, 11) is -2.25. The Hall–Kier alpha value is -3.04. The van der Waals surface area contributed by atoms with E-state index in [0.717, 1.165) is 11.3 Å². The molecule has 2 aromatic heterocycles. The first-order valence-corrected chi connectivity index (χ1v) is 15.2. The van der Waals surface area contributed by atoms with Crippen molar-refractivity contribution in [3.8, 4) is 10.4 Å². The summed E-state index contributed by atoms with van der Waals surface area (Å²) in [5.74, 6) is 0. The Labute approximate surface area is 222 Å². The Kier molecular flexibility index (Phi) is 7.18. The minimum atomic E-state index is -2.25. The Morgan fingerprint density at radius 3 is 2.24 bits per heavy atom. The topological polar surface area (TPSA) is 73.3 Å². The van der Waals surface area contributed by atoms with E-state index in [4.69, 9.17) is 9.47 Å². The second-order valence-electron chi connectivity index (χ2n) is 10.5. The van der Waals surface area contributed by atoms with Crippen LogP contribution < -0.4 is 21.6 Å². The third-order valence-corrected chi connectivity index (χ3v) is 11.4. The predicted octanol–water partition coefficient (Wildman–Crippen LogP) is 3.49. The maximum absolute atomic E-state index is 13.6. The monoisotopic (exact) mass is 532 g/mol. The lowest BCUT2D eigenvalue weighted by Crippen LogP contribution is -2.64. The fraction of sp³-hybridized carbons (Fsp3) is 0.310. The van der Waals surface area contributed by atoms with Gasteiger partial charge in [0.05, 0.1) is 23.9 Å². The number of thiophene rings is 1. The molecule has 1 fully saturated rings. The highest BCUT2D eigenvalue weighted by Gasteiger charge is 2.51. The minimum Gasteiger partial charge on any atom is -0.373 e. The fourth-order valence-electron chi connectivity index (χ4n) is 5.13. The number of aromatic nitrogens is 2. The summed E-state index contributed by atoms with van der Waals surface area (Å²) in [6, 6.07) is 24.5. The number of hydrogen-bond acceptors (Lipinski definition) is 5. The molecule has 5 rings (SSSR count). The van der Waals surface area contributed by atoms with E-state index in [-0.39, 0.29) is 17.3 Å². The Bertz CT molecular complexity index is 1410. The number of nitrogens with one attached hydrogen (secondary N) is 1. The van der Waals surface area contributed by atoms with Crippen molar-refractivity contribution >= 4 is 30.5 Å². The number of hydrogen-bond donors (Lipinski definition) is 1. The van der Waals surface area contributed by atoms with Crippen LogP contribution in [-0.4, -0.2) is 36.7 Å². The van der Waals surface area contributed by atoms with Gasteiger partial charge >= 0.3 is 5.69 Å². The van der Waals surface area contributed by atoms with E-state index < -0.39 is 19.8 Å². The van der Waals surface area contributed by atoms with Crippen molar-refractivity contribution in [2.24, 2.45) is 0 Å². The van der Waals surface area contributed by atoms with Crippen molar-refractivity contribution in [3.63, 3.8) is 0 Å². The van der Waals surface area contributed by atoms with Gasteiger partial charge in [-0.15, -0.1) is 11.3 Å². The molecule has 1 N–H and O–H groups in total. The summed E-state index contributed by atoms with van der Waals surface area (Å²) < 4.78 is 14.8. The first-order chi connectivity index (χ1) is 17.8. The number of benzene rings is 2. The molecule has 0 aliphatic carbocycles. The normalized spacial score (nSPS) is 19.9. The molecule has 37 heavy (non-hydrogen) atoms. The number of rotatable bonds is 7. The SMILES string of the molecule is CC(C)(C)OC[C@@H]1CCC(n2cc(-c3cccs3)c(=O)[nH]c2=O)([SiH](c2ccccc2)c2ccccc2)O1. The third-order valence-electron chi connectivity index (χ3n) is 6.75. The lowest BCUT2D eigenvalue weighted by molar-refractivity contribution is -0.101. The average Bonchev–Trinajstić information content (AvgIpc) is 3.55. The van der Waals surface area contributed by atoms with E-state index in [1.54, 1.807) is 10.8 Å². The molecule has 1 saturated heterocycles. The number of H-pyrrole nitrogens is 1. The number of ether oxygens (including phenoxy) is 2. The van der Waals surface area contributed by atoms with Gasteiger partial charge in [0, 0.05) is 11.1 Å². The Morgan fingerprint density at radius 2 is 1.68 bits per heavy atom. The molecule has 2 atom stereocenters. The van der Waals surface area contributed by atoms with Crippen LogP contribution in [0.2, 0.25) is 0 Å². The fourth-order valence-corrected chi connectivity index (χ4v) is 9.75. The van der Waals surface area contributed by atoms with E-state index in [0.29, 0.717) is 18.6 Å². The van der Waals surface area contributed by atoms with E-state index >= 15 is 0 Å². The Balaban J connectivity index is 1.71. The highest BCUT2D eigenvalue weighted by atomic mass is 32.1. The van der Waals surface area contributed by atoms with Crippen LogP contribution in [0.25, 0.3) is 10.4 Å². The average molecular weight is 533 g/mol. The lowest BCUT2D eigenvalue weighted by atomic mass is 10.2. The molecule has 1 aliphatic heterocycles. The molecule has 0 amide bonds. The van der Waals surface area contributed by atoms with Crippen LogP contribution in [0.4, 0.5) is 0 Å². The molecular weight excluding hydrogens is 500 g/mol. The van der Waals surface area contributed by atoms with Crippen LogP contribution in [0, 0.1) is 0 Å². The van der Waals surface area contributed by atoms with Crippen LogP contribution in [0.15, 0.2) is 94.0 Å². The molecule has 3 heterocycles. The van der Waals surface area contributed by atoms with Gasteiger partial charge in [0.1, 0.15) is 5.35 Å². The standard InChI is InChI=1S/C29H32N2O4SSi/c1-28(2,3)34-20-21-16-17-29(35-21,31-19-24(25-15-10-18-36-25)26(32)30-27(31)33)37(22-11-6-4-7-12-22)23-13-8-5-9-14-23/h4-15,18-19,21,37H,16-17,20H2,1-3H3,(H,30,32,33)/t21-,29?/m0/s1. The van der Waals surface area contributed by atoms with E-state index in [2.05, 4.69) is 29.2 Å². The molecule has 0 saturated carbocycles. The molecule has 1 aliphatic rings. The Morgan fingerprint density at radius 1 is 1.03 bits per heavy atom. The minimum absolute atomic E-state index is 0.175. The molecule has 8 heteroatoms. The van der Waals surface area contributed by atoms with Crippen molar-refractivity contribution in [2.45, 2.75) is 50.7 Å². The summed E-state index contributed by atoms with van der Waals surface area (Å²) in [5, 5.41) is 3.34. The van der Waals surface area contributed by atoms with Crippen LogP contribution >= 0.6 is 11.3 Å². The summed E-state index contributed by atoms with van der Waals surface area (Å²) in [6.45, 7) is 6.52. The third kappa shape index (κ3) is 5.33. The largest absolute Gasteiger partial charge is 0.373 e. The first-order valence-electron chi connectivity index (χ1n) is 12.6. The van der Waals surface area contributed by atoms with Crippen LogP contribution in [-0.2, 0) is 14.8 Å². The summed E-state index contributed by atoms with van der Waals surface area (Å²) in [5.41, 5.74) is -0.666. The van der Waals surface area contributed by atoms with Crippen molar-refractivity contribution in [1.82, 2.24) is 9.55 Å². The zero-order chi connectivity index (χ0) is 26.0. The second kappa shape index (κ2) is 10.4. The van der Waals surface area contributed by atoms with Gasteiger partial charge in [-0.05, 0) is 45.1 Å². The maximum Gasteiger partial charge on any atom is 0.330 e. The molecular formula is C29H32N2O4SSi. The van der Waals surface area contributed by atoms with Gasteiger partial charge < -0.3 is 9.47 Å². The van der Waals surface area contributed by atoms with Crippen LogP contribution in [0.1, 0.15) is 33.6 Å². The quantitative estimate of drug-likeness (QED) is 0.370. The van der Waals surface area contributed by atoms with E-state index in [1.807, 2.05) is 74.7 Å². The lowest BCUT2D eigenvalue weighted by Gasteiger charge is -2.39. The molecule has 0 bridgehead atoms. The second-order valence-corrected chi connectivity index (χ2v) is 14.5. The first kappa shape index (κ1) is 25.6. The van der Waals surface area contributed by atoms with Gasteiger partial charge in [-0.1, -0.05) is 77.1 Å². The molecule has 4 aromatic rings. The molecule has 2 aromatic carbocycles. The molecule has 6 nitrogen and oxygen atoms in total. The highest BCUT2D eigenvalue weighted by molar-refractivity contribution is 7.13. The van der Waals surface area contributed by atoms with Crippen LogP contribution in [0.5, 0.6) is 0 Å². The van der Waals surface area contributed by atoms with Gasteiger partial charge in [0.2, 0.25) is 0 Å². The summed E-state index contributed by atoms with van der Waals surface area (Å²) in [4.78, 5) is 29.9. The van der Waals surface area contributed by atoms with E-state index in [1.165, 1.54) is 21.7 Å². The van der Waals surface area contributed by atoms with E-state index in [9.17, 15) is 9.59 Å². The molecule has 192 valence electrons.